The number of hydrogen-bond acceptors (Lipinski definition) is 9. The summed E-state index contributed by atoms with van der Waals surface area (Å²) in [6.07, 6.45) is 3.49. The molecule has 0 spiro atoms. The largest absolute Gasteiger partial charge is 0.459 e. The van der Waals surface area contributed by atoms with Gasteiger partial charge in [0.2, 0.25) is 0 Å². The third-order valence-corrected chi connectivity index (χ3v) is 9.46. The fourth-order valence-corrected chi connectivity index (χ4v) is 7.40. The van der Waals surface area contributed by atoms with Crippen LogP contribution in [0.4, 0.5) is 4.79 Å². The van der Waals surface area contributed by atoms with Crippen molar-refractivity contribution < 1.29 is 38.1 Å². The van der Waals surface area contributed by atoms with E-state index in [4.69, 9.17) is 58.5 Å². The summed E-state index contributed by atoms with van der Waals surface area (Å²) in [5, 5.41) is 0. The Bertz CT molecular complexity index is 1350. The second kappa shape index (κ2) is 14.3. The molecule has 6 saturated heterocycles. The molecule has 0 aliphatic carbocycles. The van der Waals surface area contributed by atoms with Crippen LogP contribution in [0.25, 0.3) is 0 Å². The first kappa shape index (κ1) is 33.3. The fraction of sp³-hybridized carbons (Fsp3) is 0.545. The third-order valence-electron chi connectivity index (χ3n) is 9.46. The molecule has 1 amide bonds. The Morgan fingerprint density at radius 3 is 1.48 bits per heavy atom. The van der Waals surface area contributed by atoms with Gasteiger partial charge >= 0.3 is 18.0 Å². The minimum Gasteiger partial charge on any atom is -0.459 e. The molecule has 0 radical (unpaired) electrons. The van der Waals surface area contributed by atoms with Crippen LogP contribution >= 0.6 is 34.8 Å². The molecule has 8 rings (SSSR count). The van der Waals surface area contributed by atoms with Gasteiger partial charge in [0.15, 0.2) is 4.30 Å². The standard InChI is InChI=1S/C17H19NO5.C15H17NO3.CHCl3/c1-2-21-17(20)18-12-8-11(9-13(18)15-14(12)23-15)22-16(19)10-6-4-3-5-7-10;1-16-11-7-10(8-12(16)14-13(11)19-14)18-15(17)9-5-3-2-4-6-9;2-1(3)4/h3-7,11-15H,2,8-9H2,1H3;2-6,10-14H,7-8H2,1H3;1H/t11?,12?,13?,14-,15+;10?,11?,12?,13-,14+;. The highest BCUT2D eigenvalue weighted by Crippen LogP contribution is 2.49. The van der Waals surface area contributed by atoms with Crippen LogP contribution in [0.5, 0.6) is 0 Å². The molecule has 0 aromatic heterocycles. The van der Waals surface area contributed by atoms with Crippen LogP contribution in [0.15, 0.2) is 60.7 Å². The molecule has 46 heavy (non-hydrogen) atoms. The van der Waals surface area contributed by atoms with Crippen LogP contribution in [-0.4, -0.2) is 107 Å². The summed E-state index contributed by atoms with van der Waals surface area (Å²) < 4.78 is 27.0. The predicted molar refractivity (Wildman–Crippen MR) is 170 cm³/mol. The predicted octanol–water partition coefficient (Wildman–Crippen LogP) is 5.42. The molecular weight excluding hydrogens is 659 g/mol. The maximum atomic E-state index is 12.2. The summed E-state index contributed by atoms with van der Waals surface area (Å²) in [6.45, 7) is 2.16. The maximum absolute atomic E-state index is 12.2. The first-order valence-electron chi connectivity index (χ1n) is 15.6. The van der Waals surface area contributed by atoms with Crippen molar-refractivity contribution >= 4 is 52.8 Å². The highest BCUT2D eigenvalue weighted by Gasteiger charge is 2.66. The number of amides is 1. The number of nitrogens with zero attached hydrogens (tertiary/aromatic N) is 2. The van der Waals surface area contributed by atoms with Crippen molar-refractivity contribution in [3.05, 3.63) is 71.8 Å². The zero-order chi connectivity index (χ0) is 32.5. The third kappa shape index (κ3) is 7.27. The summed E-state index contributed by atoms with van der Waals surface area (Å²) in [7, 11) is 2.15. The number of carbonyl (C=O) groups excluding carboxylic acids is 3. The summed E-state index contributed by atoms with van der Waals surface area (Å²) in [5.41, 5.74) is 1.18. The molecule has 10 nitrogen and oxygen atoms in total. The van der Waals surface area contributed by atoms with Gasteiger partial charge in [0.1, 0.15) is 36.6 Å². The smallest absolute Gasteiger partial charge is 0.410 e. The van der Waals surface area contributed by atoms with E-state index in [0.717, 1.165) is 12.8 Å². The molecule has 6 fully saturated rings. The van der Waals surface area contributed by atoms with E-state index in [9.17, 15) is 14.4 Å². The van der Waals surface area contributed by atoms with E-state index in [1.165, 1.54) is 0 Å². The highest BCUT2D eigenvalue weighted by molar-refractivity contribution is 6.63. The number of piperidine rings is 2. The minimum atomic E-state index is -0.750. The van der Waals surface area contributed by atoms with Gasteiger partial charge in [-0.15, -0.1) is 0 Å². The number of hydrogen-bond donors (Lipinski definition) is 0. The number of benzene rings is 2. The fourth-order valence-electron chi connectivity index (χ4n) is 7.40. The van der Waals surface area contributed by atoms with Crippen LogP contribution in [-0.2, 0) is 23.7 Å². The lowest BCUT2D eigenvalue weighted by molar-refractivity contribution is -0.0294. The SMILES string of the molecule is CCOC(=O)N1C2CC(OC(=O)c3ccccc3)CC1[C@@H]1O[C@H]21.CN1C2CC(OC(=O)c3ccccc3)CC1[C@@H]1O[C@H]21.ClC(Cl)Cl. The minimum absolute atomic E-state index is 0.0373. The Balaban J connectivity index is 0.000000147. The summed E-state index contributed by atoms with van der Waals surface area (Å²) in [5.74, 6) is -0.515. The zero-order valence-electron chi connectivity index (χ0n) is 25.5. The van der Waals surface area contributed by atoms with Crippen molar-refractivity contribution in [3.8, 4) is 0 Å². The molecular formula is C33H37Cl3N2O8. The molecule has 6 unspecified atom stereocenters. The topological polar surface area (TPSA) is 110 Å². The van der Waals surface area contributed by atoms with E-state index in [0.29, 0.717) is 54.9 Å². The number of epoxide rings is 2. The van der Waals surface area contributed by atoms with Gasteiger partial charge in [0.05, 0.1) is 29.8 Å². The molecule has 6 aliphatic rings. The molecule has 13 heteroatoms. The van der Waals surface area contributed by atoms with Gasteiger partial charge in [0.25, 0.3) is 0 Å². The van der Waals surface area contributed by atoms with Gasteiger partial charge in [-0.1, -0.05) is 71.2 Å². The number of likely N-dealkylation sites (N-methyl/N-ethyl adjacent to an activating group) is 1. The highest BCUT2D eigenvalue weighted by atomic mass is 35.6. The second-order valence-electron chi connectivity index (χ2n) is 12.1. The number of morpholine rings is 2. The summed E-state index contributed by atoms with van der Waals surface area (Å²) >= 11 is 14.4. The van der Waals surface area contributed by atoms with Gasteiger partial charge < -0.3 is 23.7 Å². The van der Waals surface area contributed by atoms with Gasteiger partial charge in [-0.25, -0.2) is 14.4 Å². The van der Waals surface area contributed by atoms with Gasteiger partial charge in [-0.3, -0.25) is 9.80 Å². The average Bonchev–Trinajstić information content (AvgIpc) is 3.95. The number of fused-ring (bicyclic) bond motifs is 10. The first-order valence-corrected chi connectivity index (χ1v) is 16.9. The molecule has 2 aromatic rings. The first-order chi connectivity index (χ1) is 22.2. The van der Waals surface area contributed by atoms with E-state index in [1.807, 2.05) is 36.4 Å². The summed E-state index contributed by atoms with van der Waals surface area (Å²) in [6, 6.07) is 18.9. The lowest BCUT2D eigenvalue weighted by atomic mass is 9.99. The number of esters is 2. The van der Waals surface area contributed by atoms with Crippen LogP contribution in [0, 0.1) is 0 Å². The lowest BCUT2D eigenvalue weighted by Crippen LogP contribution is -2.52. The number of alkyl halides is 3. The van der Waals surface area contributed by atoms with Crippen molar-refractivity contribution in [1.29, 1.82) is 0 Å². The van der Waals surface area contributed by atoms with Crippen molar-refractivity contribution in [1.82, 2.24) is 9.80 Å². The van der Waals surface area contributed by atoms with Crippen LogP contribution < -0.4 is 0 Å². The molecule has 0 saturated carbocycles. The molecule has 2 aromatic carbocycles. The zero-order valence-corrected chi connectivity index (χ0v) is 27.7. The number of halogens is 3. The number of carbonyl (C=O) groups is 3. The molecule has 6 heterocycles. The van der Waals surface area contributed by atoms with Crippen LogP contribution in [0.3, 0.4) is 0 Å². The molecule has 10 atom stereocenters. The lowest BCUT2D eigenvalue weighted by Gasteiger charge is -2.39. The van der Waals surface area contributed by atoms with E-state index in [2.05, 4.69) is 11.9 Å². The Kier molecular flexibility index (Phi) is 10.3. The Hall–Kier alpha value is -2.60. The second-order valence-corrected chi connectivity index (χ2v) is 14.1. The van der Waals surface area contributed by atoms with E-state index in [-0.39, 0.29) is 54.5 Å². The Morgan fingerprint density at radius 1 is 0.717 bits per heavy atom. The summed E-state index contributed by atoms with van der Waals surface area (Å²) in [4.78, 5) is 40.5. The average molecular weight is 696 g/mol. The van der Waals surface area contributed by atoms with E-state index in [1.54, 1.807) is 36.1 Å². The van der Waals surface area contributed by atoms with Crippen LogP contribution in [0.1, 0.15) is 53.3 Å². The van der Waals surface area contributed by atoms with E-state index >= 15 is 0 Å². The number of ether oxygens (including phenoxy) is 5. The van der Waals surface area contributed by atoms with Crippen molar-refractivity contribution in [3.63, 3.8) is 0 Å². The van der Waals surface area contributed by atoms with Crippen molar-refractivity contribution in [2.45, 2.75) is 97.7 Å². The van der Waals surface area contributed by atoms with Crippen molar-refractivity contribution in [2.24, 2.45) is 0 Å². The monoisotopic (exact) mass is 694 g/mol. The quantitative estimate of drug-likeness (QED) is 0.175. The van der Waals surface area contributed by atoms with Gasteiger partial charge in [-0.05, 0) is 38.2 Å². The number of rotatable bonds is 5. The maximum Gasteiger partial charge on any atom is 0.410 e. The Labute approximate surface area is 283 Å². The molecule has 0 N–H and O–H groups in total. The van der Waals surface area contributed by atoms with Gasteiger partial charge in [0, 0.05) is 37.8 Å². The Morgan fingerprint density at radius 2 is 1.09 bits per heavy atom. The molecule has 248 valence electrons. The van der Waals surface area contributed by atoms with Crippen LogP contribution in [0.2, 0.25) is 0 Å². The van der Waals surface area contributed by atoms with Gasteiger partial charge in [-0.2, -0.15) is 0 Å². The molecule has 4 bridgehead atoms. The molecule has 6 aliphatic heterocycles. The normalized spacial score (nSPS) is 34.1. The van der Waals surface area contributed by atoms with E-state index < -0.39 is 4.30 Å². The van der Waals surface area contributed by atoms with Crippen molar-refractivity contribution in [2.75, 3.05) is 13.7 Å².